The van der Waals surface area contributed by atoms with Crippen molar-refractivity contribution in [3.05, 3.63) is 128 Å². The highest BCUT2D eigenvalue weighted by Gasteiger charge is 2.92. The first kappa shape index (κ1) is 38.3. The van der Waals surface area contributed by atoms with E-state index >= 15 is 4.79 Å². The molecule has 1 saturated carbocycles. The number of carbonyl (C=O) groups excluding carboxylic acids is 2. The van der Waals surface area contributed by atoms with Gasteiger partial charge in [0.2, 0.25) is 0 Å². The van der Waals surface area contributed by atoms with Gasteiger partial charge in [0.25, 0.3) is 0 Å². The fraction of sp³-hybridized carbons (Fsp3) is 0.564. The highest BCUT2D eigenvalue weighted by molar-refractivity contribution is 6.00. The molecule has 4 fully saturated rings. The zero-order valence-corrected chi connectivity index (χ0v) is 36.8. The van der Waals surface area contributed by atoms with Crippen LogP contribution in [0.1, 0.15) is 117 Å². The number of hydrogen-bond acceptors (Lipinski definition) is 7. The van der Waals surface area contributed by atoms with Crippen LogP contribution in [0.15, 0.2) is 101 Å². The van der Waals surface area contributed by atoms with Gasteiger partial charge < -0.3 is 20.1 Å². The van der Waals surface area contributed by atoms with E-state index in [4.69, 9.17) is 15.2 Å². The van der Waals surface area contributed by atoms with Gasteiger partial charge in [0.1, 0.15) is 11.2 Å². The molecule has 15 bridgehead atoms. The number of nitrogens with two attached hydrogens (primary N) is 1. The summed E-state index contributed by atoms with van der Waals surface area (Å²) in [7, 11) is 0. The number of hydrogen-bond donors (Lipinski definition) is 1. The molecule has 3 spiro atoms. The Morgan fingerprint density at radius 3 is 2.79 bits per heavy atom. The van der Waals surface area contributed by atoms with E-state index < -0.39 is 16.4 Å². The van der Waals surface area contributed by atoms with Gasteiger partial charge in [-0.1, -0.05) is 98.5 Å². The SMILES string of the molecule is CCC[C@@H]1CC=C2OC(=O)[C@@]34C5=C6CC[C@@]23[C@]2(OC(=O)c3c(CCCN)cccc32)[C@H]4CCCCc2cccc(c2)CC(=C5)[C@H]2[C@@H]6C3=C(C=C[C@H]4[C@H]5C[C@H](CN1C5)CN34)C[C@H]2C. The average Bonchev–Trinajstić information content (AvgIpc) is 3.71. The maximum absolute atomic E-state index is 16.0. The molecule has 3 saturated heterocycles. The van der Waals surface area contributed by atoms with Gasteiger partial charge in [-0.2, -0.15) is 0 Å². The van der Waals surface area contributed by atoms with Crippen molar-refractivity contribution >= 4 is 11.9 Å². The lowest BCUT2D eigenvalue weighted by atomic mass is 9.29. The fourth-order valence-corrected chi connectivity index (χ4v) is 16.9. The normalized spacial score (nSPS) is 40.3. The Labute approximate surface area is 367 Å². The quantitative estimate of drug-likeness (QED) is 0.301. The van der Waals surface area contributed by atoms with Crippen LogP contribution in [0.25, 0.3) is 0 Å². The van der Waals surface area contributed by atoms with E-state index in [0.717, 1.165) is 126 Å². The molecule has 7 nitrogen and oxygen atoms in total. The van der Waals surface area contributed by atoms with Gasteiger partial charge in [-0.05, 0) is 141 Å². The van der Waals surface area contributed by atoms with Crippen molar-refractivity contribution in [2.75, 3.05) is 26.2 Å². The zero-order valence-electron chi connectivity index (χ0n) is 36.8. The largest absolute Gasteiger partial charge is 0.449 e. The lowest BCUT2D eigenvalue weighted by Crippen LogP contribution is -2.77. The van der Waals surface area contributed by atoms with Crippen LogP contribution < -0.4 is 5.73 Å². The smallest absolute Gasteiger partial charge is 0.339 e. The number of benzene rings is 2. The maximum atomic E-state index is 16.0. The number of carbonyl (C=O) groups is 2. The minimum absolute atomic E-state index is 0.0968. The predicted molar refractivity (Wildman–Crippen MR) is 239 cm³/mol. The van der Waals surface area contributed by atoms with Crippen LogP contribution in [-0.2, 0) is 39.1 Å². The van der Waals surface area contributed by atoms with Crippen molar-refractivity contribution < 1.29 is 19.1 Å². The molecule has 16 rings (SSSR count). The molecule has 0 amide bonds. The van der Waals surface area contributed by atoms with Crippen LogP contribution in [0.5, 0.6) is 0 Å². The standard InChI is InChI=1S/C55H63N3O4/c1-3-9-40-18-20-46-53-22-21-41-43-28-38(47-32(2)24-37-17-19-44-39-27-35(29-57(40)31-39)30-58(44)50(37)49(41)47)26-34-12-6-11-33(25-34)10-4-5-16-45(54(43,53)52(60)61-46)55(53)42-15-7-13-36(14-8-23-56)48(42)51(59)62-55/h6-7,11-13,15,17,19-20,25,28,32,35,39-40,44-45,47,49H,3-5,8-10,14,16,18,21-24,26-27,29-31,56H2,1-2H3/t32-,35-,39+,40-,44+,45+,47+,49-,53-,54+,55-/m1/s1. The van der Waals surface area contributed by atoms with E-state index in [-0.39, 0.29) is 23.8 Å². The van der Waals surface area contributed by atoms with Gasteiger partial charge in [0, 0.05) is 48.8 Å². The molecule has 62 heavy (non-hydrogen) atoms. The Morgan fingerprint density at radius 2 is 1.90 bits per heavy atom. The summed E-state index contributed by atoms with van der Waals surface area (Å²) in [6.07, 6.45) is 23.3. The molecular weight excluding hydrogens is 767 g/mol. The van der Waals surface area contributed by atoms with E-state index in [2.05, 4.69) is 90.4 Å². The van der Waals surface area contributed by atoms with Crippen LogP contribution in [0.4, 0.5) is 0 Å². The van der Waals surface area contributed by atoms with Gasteiger partial charge in [-0.15, -0.1) is 0 Å². The van der Waals surface area contributed by atoms with Crippen molar-refractivity contribution in [1.29, 1.82) is 0 Å². The van der Waals surface area contributed by atoms with Gasteiger partial charge >= 0.3 is 11.9 Å². The highest BCUT2D eigenvalue weighted by atomic mass is 16.6. The summed E-state index contributed by atoms with van der Waals surface area (Å²) in [4.78, 5) is 36.6. The number of aryl methyl sites for hydroxylation is 2. The predicted octanol–water partition coefficient (Wildman–Crippen LogP) is 9.28. The Hall–Kier alpha value is -4.20. The summed E-state index contributed by atoms with van der Waals surface area (Å²) in [6, 6.07) is 16.6. The van der Waals surface area contributed by atoms with E-state index in [1.165, 1.54) is 39.8 Å². The number of allylic oxidation sites excluding steroid dienone is 5. The van der Waals surface area contributed by atoms with Crippen LogP contribution >= 0.6 is 0 Å². The summed E-state index contributed by atoms with van der Waals surface area (Å²) >= 11 is 0. The number of esters is 2. The summed E-state index contributed by atoms with van der Waals surface area (Å²) < 4.78 is 14.3. The van der Waals surface area contributed by atoms with Gasteiger partial charge in [0.05, 0.1) is 17.0 Å². The van der Waals surface area contributed by atoms with Crippen molar-refractivity contribution in [2.24, 2.45) is 52.1 Å². The molecule has 1 unspecified atom stereocenters. The van der Waals surface area contributed by atoms with Crippen molar-refractivity contribution in [2.45, 2.75) is 121 Å². The number of rotatable bonds is 5. The lowest BCUT2D eigenvalue weighted by molar-refractivity contribution is -0.275. The molecule has 2 aromatic carbocycles. The molecule has 14 aliphatic rings. The van der Waals surface area contributed by atoms with Gasteiger partial charge in [0.15, 0.2) is 5.60 Å². The highest BCUT2D eigenvalue weighted by Crippen LogP contribution is 2.87. The third kappa shape index (κ3) is 4.70. The fourth-order valence-electron chi connectivity index (χ4n) is 16.9. The van der Waals surface area contributed by atoms with Crippen LogP contribution in [0.3, 0.4) is 0 Å². The minimum atomic E-state index is -1.00. The Bertz CT molecular complexity index is 2470. The Balaban J connectivity index is 1.11. The van der Waals surface area contributed by atoms with Crippen LogP contribution in [-0.4, -0.2) is 60.0 Å². The van der Waals surface area contributed by atoms with Crippen LogP contribution in [0.2, 0.25) is 0 Å². The van der Waals surface area contributed by atoms with E-state index in [1.54, 1.807) is 5.70 Å². The molecule has 0 radical (unpaired) electrons. The van der Waals surface area contributed by atoms with E-state index in [0.29, 0.717) is 42.3 Å². The first-order chi connectivity index (χ1) is 30.3. The maximum Gasteiger partial charge on any atom is 0.339 e. The third-order valence-electron chi connectivity index (χ3n) is 18.8. The van der Waals surface area contributed by atoms with Crippen LogP contribution in [0, 0.1) is 46.3 Å². The molecule has 0 aromatic heterocycles. The third-order valence-corrected chi connectivity index (χ3v) is 18.8. The Kier molecular flexibility index (Phi) is 8.43. The molecule has 12 atom stereocenters. The van der Waals surface area contributed by atoms with E-state index in [9.17, 15) is 4.79 Å². The summed E-state index contributed by atoms with van der Waals surface area (Å²) in [6.45, 7) is 8.74. The number of fused-ring (bicyclic) bond motifs is 6. The summed E-state index contributed by atoms with van der Waals surface area (Å²) in [5.74, 6) is 2.47. The van der Waals surface area contributed by atoms with Crippen molar-refractivity contribution in [1.82, 2.24) is 9.80 Å². The zero-order chi connectivity index (χ0) is 41.7. The first-order valence-electron chi connectivity index (χ1n) is 24.7. The summed E-state index contributed by atoms with van der Waals surface area (Å²) in [5.41, 5.74) is 16.1. The number of piperidine rings is 2. The number of ether oxygens (including phenoxy) is 2. The molecule has 2 aromatic rings. The van der Waals surface area contributed by atoms with E-state index in [1.807, 2.05) is 0 Å². The average molecular weight is 830 g/mol. The van der Waals surface area contributed by atoms with Gasteiger partial charge in [-0.25, -0.2) is 4.79 Å². The second-order valence-electron chi connectivity index (χ2n) is 21.6. The molecule has 2 N–H and O–H groups in total. The van der Waals surface area contributed by atoms with Crippen molar-refractivity contribution in [3.8, 4) is 0 Å². The molecule has 5 aliphatic carbocycles. The molecule has 322 valence electrons. The molecular formula is C55H63N3O4. The minimum Gasteiger partial charge on any atom is -0.449 e. The topological polar surface area (TPSA) is 85.1 Å². The molecule has 9 aliphatic heterocycles. The lowest BCUT2D eigenvalue weighted by Gasteiger charge is -2.71. The molecule has 9 heterocycles. The number of nitrogens with zero attached hydrogens (tertiary/aromatic N) is 2. The van der Waals surface area contributed by atoms with Crippen molar-refractivity contribution in [3.63, 3.8) is 0 Å². The second kappa shape index (κ2) is 13.7. The van der Waals surface area contributed by atoms with Gasteiger partial charge in [-0.3, -0.25) is 9.69 Å². The second-order valence-corrected chi connectivity index (χ2v) is 21.6. The monoisotopic (exact) mass is 829 g/mol. The Morgan fingerprint density at radius 1 is 1.02 bits per heavy atom. The molecule has 7 heteroatoms. The first-order valence-corrected chi connectivity index (χ1v) is 24.7. The summed E-state index contributed by atoms with van der Waals surface area (Å²) in [5, 5.41) is 0.